The number of hydrogen-bond donors (Lipinski definition) is 2. The Hall–Kier alpha value is -1.06. The van der Waals surface area contributed by atoms with Crippen molar-refractivity contribution in [2.45, 2.75) is 31.7 Å². The van der Waals surface area contributed by atoms with Crippen LogP contribution in [-0.2, 0) is 0 Å². The second-order valence-electron chi connectivity index (χ2n) is 4.24. The third-order valence-electron chi connectivity index (χ3n) is 3.38. The zero-order chi connectivity index (χ0) is 9.64. The van der Waals surface area contributed by atoms with Crippen molar-refractivity contribution in [3.05, 3.63) is 0 Å². The lowest BCUT2D eigenvalue weighted by Crippen LogP contribution is -2.45. The lowest BCUT2D eigenvalue weighted by Gasteiger charge is -2.29. The molecule has 13 heavy (non-hydrogen) atoms. The first-order chi connectivity index (χ1) is 6.06. The Morgan fingerprint density at radius 1 is 1.69 bits per heavy atom. The standard InChI is InChI=1S/C9H15N3O/c1-6-3-4-9(5-6)7(10)11-8(13)12(9)2/h6H,3-5H2,1-2H3,(H2,10,11,13). The molecule has 0 aromatic carbocycles. The van der Waals surface area contributed by atoms with E-state index < -0.39 is 0 Å². The number of nitrogens with one attached hydrogen (secondary N) is 2. The second-order valence-corrected chi connectivity index (χ2v) is 4.24. The van der Waals surface area contributed by atoms with E-state index in [2.05, 4.69) is 12.2 Å². The predicted octanol–water partition coefficient (Wildman–Crippen LogP) is 1.18. The summed E-state index contributed by atoms with van der Waals surface area (Å²) in [5.74, 6) is 1.01. The van der Waals surface area contributed by atoms with Gasteiger partial charge in [-0.25, -0.2) is 4.79 Å². The molecule has 1 saturated carbocycles. The fraction of sp³-hybridized carbons (Fsp3) is 0.778. The average Bonchev–Trinajstić information content (AvgIpc) is 2.54. The second kappa shape index (κ2) is 2.47. The number of hydrogen-bond acceptors (Lipinski definition) is 2. The molecule has 0 aromatic heterocycles. The minimum absolute atomic E-state index is 0.126. The van der Waals surface area contributed by atoms with Crippen LogP contribution in [-0.4, -0.2) is 29.4 Å². The highest BCUT2D eigenvalue weighted by atomic mass is 16.2. The summed E-state index contributed by atoms with van der Waals surface area (Å²) in [7, 11) is 1.79. The molecule has 1 spiro atoms. The molecule has 4 heteroatoms. The highest BCUT2D eigenvalue weighted by molar-refractivity contribution is 6.08. The molecule has 72 valence electrons. The van der Waals surface area contributed by atoms with Gasteiger partial charge in [-0.2, -0.15) is 0 Å². The largest absolute Gasteiger partial charge is 0.323 e. The Balaban J connectivity index is 2.31. The first-order valence-electron chi connectivity index (χ1n) is 4.70. The molecule has 0 bridgehead atoms. The minimum atomic E-state index is -0.295. The van der Waals surface area contributed by atoms with Crippen molar-refractivity contribution in [2.75, 3.05) is 7.05 Å². The first-order valence-corrected chi connectivity index (χ1v) is 4.70. The number of likely N-dealkylation sites (N-methyl/N-ethyl adjacent to an activating group) is 1. The summed E-state index contributed by atoms with van der Waals surface area (Å²) in [6, 6.07) is -0.126. The van der Waals surface area contributed by atoms with Crippen LogP contribution in [0.5, 0.6) is 0 Å². The van der Waals surface area contributed by atoms with Crippen molar-refractivity contribution in [1.82, 2.24) is 10.2 Å². The summed E-state index contributed by atoms with van der Waals surface area (Å²) in [6.45, 7) is 2.18. The molecular weight excluding hydrogens is 166 g/mol. The summed E-state index contributed by atoms with van der Waals surface area (Å²) in [5.41, 5.74) is -0.295. The van der Waals surface area contributed by atoms with Crippen molar-refractivity contribution in [2.24, 2.45) is 5.92 Å². The van der Waals surface area contributed by atoms with Crippen LogP contribution in [0.15, 0.2) is 0 Å². The molecule has 1 heterocycles. The molecule has 2 atom stereocenters. The molecule has 2 unspecified atom stereocenters. The molecule has 2 aliphatic rings. The van der Waals surface area contributed by atoms with Crippen molar-refractivity contribution in [3.63, 3.8) is 0 Å². The van der Waals surface area contributed by atoms with E-state index in [9.17, 15) is 4.79 Å². The van der Waals surface area contributed by atoms with Gasteiger partial charge in [-0.1, -0.05) is 6.92 Å². The summed E-state index contributed by atoms with van der Waals surface area (Å²) in [4.78, 5) is 13.0. The number of nitrogens with zero attached hydrogens (tertiary/aromatic N) is 1. The Bertz CT molecular complexity index is 276. The number of carbonyl (C=O) groups is 1. The normalized spacial score (nSPS) is 38.9. The number of urea groups is 1. The lowest BCUT2D eigenvalue weighted by molar-refractivity contribution is 0.192. The fourth-order valence-corrected chi connectivity index (χ4v) is 2.47. The van der Waals surface area contributed by atoms with Crippen molar-refractivity contribution in [1.29, 1.82) is 5.41 Å². The molecular formula is C9H15N3O. The Morgan fingerprint density at radius 3 is 2.77 bits per heavy atom. The van der Waals surface area contributed by atoms with Gasteiger partial charge in [0.2, 0.25) is 0 Å². The lowest BCUT2D eigenvalue weighted by atomic mass is 9.95. The first kappa shape index (κ1) is 8.53. The molecule has 2 rings (SSSR count). The molecule has 4 nitrogen and oxygen atoms in total. The molecule has 1 aliphatic carbocycles. The third kappa shape index (κ3) is 0.975. The maximum atomic E-state index is 11.3. The van der Waals surface area contributed by atoms with E-state index in [-0.39, 0.29) is 11.6 Å². The number of amides is 2. The third-order valence-corrected chi connectivity index (χ3v) is 3.38. The average molecular weight is 181 g/mol. The monoisotopic (exact) mass is 181 g/mol. The van der Waals surface area contributed by atoms with Gasteiger partial charge in [0.05, 0.1) is 0 Å². The molecule has 1 saturated heterocycles. The van der Waals surface area contributed by atoms with Gasteiger partial charge in [-0.3, -0.25) is 10.7 Å². The predicted molar refractivity (Wildman–Crippen MR) is 49.8 cm³/mol. The van der Waals surface area contributed by atoms with Gasteiger partial charge in [-0.15, -0.1) is 0 Å². The van der Waals surface area contributed by atoms with Crippen LogP contribution < -0.4 is 5.32 Å². The Kier molecular flexibility index (Phi) is 1.62. The van der Waals surface area contributed by atoms with E-state index >= 15 is 0 Å². The van der Waals surface area contributed by atoms with Crippen LogP contribution in [0.25, 0.3) is 0 Å². The fourth-order valence-electron chi connectivity index (χ4n) is 2.47. The number of amidine groups is 1. The zero-order valence-corrected chi connectivity index (χ0v) is 8.05. The van der Waals surface area contributed by atoms with Crippen molar-refractivity contribution < 1.29 is 4.79 Å². The molecule has 0 radical (unpaired) electrons. The van der Waals surface area contributed by atoms with Crippen LogP contribution in [0.4, 0.5) is 4.79 Å². The summed E-state index contributed by atoms with van der Waals surface area (Å²) in [5, 5.41) is 10.4. The van der Waals surface area contributed by atoms with Gasteiger partial charge >= 0.3 is 6.03 Å². The molecule has 1 aliphatic heterocycles. The van der Waals surface area contributed by atoms with Crippen LogP contribution in [0.3, 0.4) is 0 Å². The highest BCUT2D eigenvalue weighted by Crippen LogP contribution is 2.40. The van der Waals surface area contributed by atoms with Crippen LogP contribution in [0, 0.1) is 11.3 Å². The maximum Gasteiger partial charge on any atom is 0.323 e. The molecule has 2 N–H and O–H groups in total. The Morgan fingerprint density at radius 2 is 2.38 bits per heavy atom. The Labute approximate surface area is 77.8 Å². The zero-order valence-electron chi connectivity index (χ0n) is 8.05. The van der Waals surface area contributed by atoms with Gasteiger partial charge < -0.3 is 4.90 Å². The topological polar surface area (TPSA) is 56.2 Å². The van der Waals surface area contributed by atoms with Crippen LogP contribution in [0.1, 0.15) is 26.2 Å². The summed E-state index contributed by atoms with van der Waals surface area (Å²) < 4.78 is 0. The van der Waals surface area contributed by atoms with E-state index in [4.69, 9.17) is 5.41 Å². The van der Waals surface area contributed by atoms with Crippen LogP contribution >= 0.6 is 0 Å². The SMILES string of the molecule is CC1CCC2(C1)C(=N)NC(=O)N2C. The van der Waals surface area contributed by atoms with E-state index in [1.54, 1.807) is 11.9 Å². The van der Waals surface area contributed by atoms with Gasteiger partial charge in [0, 0.05) is 7.05 Å². The summed E-state index contributed by atoms with van der Waals surface area (Å²) >= 11 is 0. The van der Waals surface area contributed by atoms with E-state index in [1.165, 1.54) is 0 Å². The highest BCUT2D eigenvalue weighted by Gasteiger charge is 2.51. The summed E-state index contributed by atoms with van der Waals surface area (Å²) in [6.07, 6.45) is 2.98. The maximum absolute atomic E-state index is 11.3. The van der Waals surface area contributed by atoms with E-state index in [0.717, 1.165) is 19.3 Å². The quantitative estimate of drug-likeness (QED) is 0.579. The molecule has 0 aromatic rings. The molecule has 2 amide bonds. The van der Waals surface area contributed by atoms with Gasteiger partial charge in [-0.05, 0) is 25.2 Å². The van der Waals surface area contributed by atoms with Crippen molar-refractivity contribution >= 4 is 11.9 Å². The van der Waals surface area contributed by atoms with E-state index in [0.29, 0.717) is 11.8 Å². The van der Waals surface area contributed by atoms with E-state index in [1.807, 2.05) is 0 Å². The van der Waals surface area contributed by atoms with Crippen LogP contribution in [0.2, 0.25) is 0 Å². The number of carbonyl (C=O) groups excluding carboxylic acids is 1. The van der Waals surface area contributed by atoms with Crippen molar-refractivity contribution in [3.8, 4) is 0 Å². The van der Waals surface area contributed by atoms with Gasteiger partial charge in [0.1, 0.15) is 11.4 Å². The van der Waals surface area contributed by atoms with Gasteiger partial charge in [0.25, 0.3) is 0 Å². The number of rotatable bonds is 0. The molecule has 2 fully saturated rings. The van der Waals surface area contributed by atoms with Gasteiger partial charge in [0.15, 0.2) is 0 Å². The minimum Gasteiger partial charge on any atom is -0.315 e. The smallest absolute Gasteiger partial charge is 0.315 e.